The lowest BCUT2D eigenvalue weighted by Gasteiger charge is -2.37. The maximum Gasteiger partial charge on any atom is 0.238 e. The highest BCUT2D eigenvalue weighted by molar-refractivity contribution is 6.07. The van der Waals surface area contributed by atoms with Gasteiger partial charge in [-0.1, -0.05) is 24.3 Å². The fourth-order valence-corrected chi connectivity index (χ4v) is 3.94. The molecule has 0 spiro atoms. The molecule has 2 fully saturated rings. The molecule has 5 nitrogen and oxygen atoms in total. The van der Waals surface area contributed by atoms with Gasteiger partial charge in [-0.05, 0) is 55.2 Å². The van der Waals surface area contributed by atoms with Gasteiger partial charge >= 0.3 is 0 Å². The fraction of sp³-hybridized carbons (Fsp3) is 0.391. The first-order valence-corrected chi connectivity index (χ1v) is 10.1. The zero-order valence-electron chi connectivity index (χ0n) is 16.7. The quantitative estimate of drug-likeness (QED) is 0.792. The average Bonchev–Trinajstić information content (AvgIpc) is 3.55. The molecule has 2 amide bonds. The van der Waals surface area contributed by atoms with Gasteiger partial charge in [0.25, 0.3) is 0 Å². The summed E-state index contributed by atoms with van der Waals surface area (Å²) in [5.74, 6) is -0.472. The van der Waals surface area contributed by atoms with Gasteiger partial charge in [-0.3, -0.25) is 9.59 Å². The summed E-state index contributed by atoms with van der Waals surface area (Å²) in [5.41, 5.74) is 2.26. The second kappa shape index (κ2) is 7.85. The summed E-state index contributed by atoms with van der Waals surface area (Å²) in [4.78, 5) is 29.8. The third-order valence-electron chi connectivity index (χ3n) is 6.05. The number of nitrogens with zero attached hydrogens (tertiary/aromatic N) is 2. The van der Waals surface area contributed by atoms with Crippen LogP contribution in [0.4, 0.5) is 10.1 Å². The summed E-state index contributed by atoms with van der Waals surface area (Å²) in [6.07, 6.45) is 1.23. The molecule has 0 radical (unpaired) electrons. The van der Waals surface area contributed by atoms with Crippen LogP contribution < -0.4 is 10.2 Å². The number of amides is 2. The van der Waals surface area contributed by atoms with Crippen LogP contribution >= 0.6 is 0 Å². The highest BCUT2D eigenvalue weighted by Crippen LogP contribution is 2.47. The van der Waals surface area contributed by atoms with Gasteiger partial charge in [0.2, 0.25) is 11.8 Å². The van der Waals surface area contributed by atoms with E-state index in [-0.39, 0.29) is 17.6 Å². The smallest absolute Gasteiger partial charge is 0.238 e. The summed E-state index contributed by atoms with van der Waals surface area (Å²) in [6, 6.07) is 14.3. The SMILES string of the molecule is Cc1ccccc1CNC(=O)C1(C(=O)N2CCN(c3ccc(F)cc3)CC2)CC1. The Morgan fingerprint density at radius 2 is 1.66 bits per heavy atom. The molecule has 0 unspecified atom stereocenters. The Balaban J connectivity index is 1.34. The molecule has 0 atom stereocenters. The first-order chi connectivity index (χ1) is 14.0. The van der Waals surface area contributed by atoms with Crippen LogP contribution in [0.2, 0.25) is 0 Å². The highest BCUT2D eigenvalue weighted by Gasteiger charge is 2.58. The minimum Gasteiger partial charge on any atom is -0.368 e. The van der Waals surface area contributed by atoms with E-state index in [9.17, 15) is 14.0 Å². The Morgan fingerprint density at radius 3 is 2.28 bits per heavy atom. The van der Waals surface area contributed by atoms with Crippen molar-refractivity contribution in [1.82, 2.24) is 10.2 Å². The first-order valence-electron chi connectivity index (χ1n) is 10.1. The van der Waals surface area contributed by atoms with E-state index in [1.165, 1.54) is 12.1 Å². The Hall–Kier alpha value is -2.89. The van der Waals surface area contributed by atoms with Crippen LogP contribution in [-0.4, -0.2) is 42.9 Å². The number of hydrogen-bond acceptors (Lipinski definition) is 3. The molecule has 2 aliphatic rings. The fourth-order valence-electron chi connectivity index (χ4n) is 3.94. The number of halogens is 1. The Morgan fingerprint density at radius 1 is 1.00 bits per heavy atom. The molecular formula is C23H26FN3O2. The summed E-state index contributed by atoms with van der Waals surface area (Å²) in [7, 11) is 0. The van der Waals surface area contributed by atoms with Crippen molar-refractivity contribution >= 4 is 17.5 Å². The van der Waals surface area contributed by atoms with Crippen LogP contribution in [0, 0.1) is 18.2 Å². The van der Waals surface area contributed by atoms with Crippen molar-refractivity contribution < 1.29 is 14.0 Å². The summed E-state index contributed by atoms with van der Waals surface area (Å²) < 4.78 is 13.1. The van der Waals surface area contributed by atoms with Crippen LogP contribution in [0.1, 0.15) is 24.0 Å². The third-order valence-corrected chi connectivity index (χ3v) is 6.05. The van der Waals surface area contributed by atoms with Gasteiger partial charge in [-0.2, -0.15) is 0 Å². The molecule has 0 bridgehead atoms. The predicted octanol–water partition coefficient (Wildman–Crippen LogP) is 2.88. The van der Waals surface area contributed by atoms with E-state index in [1.54, 1.807) is 17.0 Å². The summed E-state index contributed by atoms with van der Waals surface area (Å²) in [5, 5.41) is 2.97. The lowest BCUT2D eigenvalue weighted by Crippen LogP contribution is -2.53. The van der Waals surface area contributed by atoms with Gasteiger partial charge in [0.05, 0.1) is 0 Å². The second-order valence-corrected chi connectivity index (χ2v) is 7.95. The van der Waals surface area contributed by atoms with Gasteiger partial charge in [0.1, 0.15) is 11.2 Å². The van der Waals surface area contributed by atoms with Crippen LogP contribution in [0.3, 0.4) is 0 Å². The van der Waals surface area contributed by atoms with E-state index in [4.69, 9.17) is 0 Å². The van der Waals surface area contributed by atoms with Gasteiger partial charge in [0, 0.05) is 38.4 Å². The number of nitrogens with one attached hydrogen (secondary N) is 1. The van der Waals surface area contributed by atoms with E-state index in [0.717, 1.165) is 16.8 Å². The van der Waals surface area contributed by atoms with Crippen molar-refractivity contribution in [1.29, 1.82) is 0 Å². The molecule has 152 valence electrons. The van der Waals surface area contributed by atoms with Crippen LogP contribution in [0.5, 0.6) is 0 Å². The lowest BCUT2D eigenvalue weighted by molar-refractivity contribution is -0.144. The molecule has 29 heavy (non-hydrogen) atoms. The molecule has 0 aromatic heterocycles. The van der Waals surface area contributed by atoms with Crippen molar-refractivity contribution in [3.63, 3.8) is 0 Å². The van der Waals surface area contributed by atoms with Gasteiger partial charge in [0.15, 0.2) is 0 Å². The Kier molecular flexibility index (Phi) is 5.26. The summed E-state index contributed by atoms with van der Waals surface area (Å²) in [6.45, 7) is 4.96. The standard InChI is InChI=1S/C23H26FN3O2/c1-17-4-2-3-5-18(17)16-25-21(28)23(10-11-23)22(29)27-14-12-26(13-15-27)20-8-6-19(24)7-9-20/h2-9H,10-16H2,1H3,(H,25,28). The summed E-state index contributed by atoms with van der Waals surface area (Å²) >= 11 is 0. The Labute approximate surface area is 170 Å². The van der Waals surface area contributed by atoms with E-state index in [1.807, 2.05) is 31.2 Å². The largest absolute Gasteiger partial charge is 0.368 e. The van der Waals surface area contributed by atoms with Gasteiger partial charge in [-0.15, -0.1) is 0 Å². The number of benzene rings is 2. The molecule has 2 aromatic rings. The lowest BCUT2D eigenvalue weighted by atomic mass is 10.0. The van der Waals surface area contributed by atoms with Crippen LogP contribution in [-0.2, 0) is 16.1 Å². The minimum absolute atomic E-state index is 0.0569. The van der Waals surface area contributed by atoms with Crippen LogP contribution in [0.15, 0.2) is 48.5 Å². The molecule has 1 heterocycles. The van der Waals surface area contributed by atoms with E-state index in [2.05, 4.69) is 10.2 Å². The number of anilines is 1. The van der Waals surface area contributed by atoms with Crippen molar-refractivity contribution in [3.8, 4) is 0 Å². The maximum absolute atomic E-state index is 13.1. The van der Waals surface area contributed by atoms with Crippen LogP contribution in [0.25, 0.3) is 0 Å². The number of hydrogen-bond donors (Lipinski definition) is 1. The molecule has 2 aromatic carbocycles. The number of piperazine rings is 1. The van der Waals surface area contributed by atoms with Gasteiger partial charge < -0.3 is 15.1 Å². The van der Waals surface area contributed by atoms with E-state index < -0.39 is 5.41 Å². The van der Waals surface area contributed by atoms with Crippen molar-refractivity contribution in [2.75, 3.05) is 31.1 Å². The van der Waals surface area contributed by atoms with E-state index >= 15 is 0 Å². The predicted molar refractivity (Wildman–Crippen MR) is 110 cm³/mol. The molecule has 1 aliphatic heterocycles. The topological polar surface area (TPSA) is 52.7 Å². The number of carbonyl (C=O) groups is 2. The molecule has 1 saturated carbocycles. The molecule has 4 rings (SSSR count). The minimum atomic E-state index is -0.888. The van der Waals surface area contributed by atoms with E-state index in [0.29, 0.717) is 45.6 Å². The number of aryl methyl sites for hydroxylation is 1. The normalized spacial score (nSPS) is 17.7. The molecule has 1 saturated heterocycles. The van der Waals surface area contributed by atoms with Gasteiger partial charge in [-0.25, -0.2) is 4.39 Å². The molecule has 1 aliphatic carbocycles. The monoisotopic (exact) mass is 395 g/mol. The molecule has 1 N–H and O–H groups in total. The zero-order chi connectivity index (χ0) is 20.4. The average molecular weight is 395 g/mol. The highest BCUT2D eigenvalue weighted by atomic mass is 19.1. The van der Waals surface area contributed by atoms with Crippen molar-refractivity contribution in [2.24, 2.45) is 5.41 Å². The van der Waals surface area contributed by atoms with Crippen molar-refractivity contribution in [2.45, 2.75) is 26.3 Å². The van der Waals surface area contributed by atoms with Crippen molar-refractivity contribution in [3.05, 3.63) is 65.5 Å². The maximum atomic E-state index is 13.1. The number of carbonyl (C=O) groups excluding carboxylic acids is 2. The zero-order valence-corrected chi connectivity index (χ0v) is 16.7. The Bertz CT molecular complexity index is 901. The molecular weight excluding hydrogens is 369 g/mol. The second-order valence-electron chi connectivity index (χ2n) is 7.95. The number of rotatable bonds is 5. The molecule has 6 heteroatoms. The third kappa shape index (κ3) is 3.97. The first kappa shape index (κ1) is 19.4.